The first kappa shape index (κ1) is 19.7. The number of nitriles is 1. The standard InChI is InChI=1S/C20H16ClN3O3S/c1-13-5-8-19(17(21)10-13)28(25,26)24-18-7-6-16(11-14(18)2)27-20-15(12-22)4-3-9-23-20/h3-11,24H,1-2H3. The molecule has 0 saturated carbocycles. The van der Waals surface area contributed by atoms with Crippen molar-refractivity contribution in [3.63, 3.8) is 0 Å². The van der Waals surface area contributed by atoms with Crippen LogP contribution in [0.15, 0.2) is 59.6 Å². The van der Waals surface area contributed by atoms with E-state index in [4.69, 9.17) is 21.6 Å². The summed E-state index contributed by atoms with van der Waals surface area (Å²) < 4.78 is 33.5. The summed E-state index contributed by atoms with van der Waals surface area (Å²) in [6, 6.07) is 14.8. The molecule has 0 bridgehead atoms. The van der Waals surface area contributed by atoms with Crippen LogP contribution >= 0.6 is 11.6 Å². The molecule has 0 aliphatic heterocycles. The molecule has 1 heterocycles. The first-order valence-corrected chi connectivity index (χ1v) is 10.1. The molecule has 3 aromatic rings. The Balaban J connectivity index is 1.86. The van der Waals surface area contributed by atoms with E-state index in [1.165, 1.54) is 12.3 Å². The summed E-state index contributed by atoms with van der Waals surface area (Å²) in [7, 11) is -3.84. The zero-order chi connectivity index (χ0) is 20.3. The number of rotatable bonds is 5. The van der Waals surface area contributed by atoms with E-state index in [9.17, 15) is 8.42 Å². The molecule has 6 nitrogen and oxygen atoms in total. The molecule has 0 spiro atoms. The second-order valence-electron chi connectivity index (χ2n) is 6.09. The molecule has 0 fully saturated rings. The van der Waals surface area contributed by atoms with E-state index >= 15 is 0 Å². The highest BCUT2D eigenvalue weighted by Crippen LogP contribution is 2.29. The normalized spacial score (nSPS) is 10.9. The number of nitrogens with zero attached hydrogens (tertiary/aromatic N) is 2. The molecule has 142 valence electrons. The minimum Gasteiger partial charge on any atom is -0.438 e. The fourth-order valence-electron chi connectivity index (χ4n) is 2.51. The van der Waals surface area contributed by atoms with Crippen LogP contribution in [-0.2, 0) is 10.0 Å². The molecule has 8 heteroatoms. The van der Waals surface area contributed by atoms with Crippen LogP contribution in [0, 0.1) is 25.2 Å². The Hall–Kier alpha value is -3.08. The van der Waals surface area contributed by atoms with Crippen LogP contribution in [-0.4, -0.2) is 13.4 Å². The first-order valence-electron chi connectivity index (χ1n) is 8.23. The Kier molecular flexibility index (Phi) is 5.54. The summed E-state index contributed by atoms with van der Waals surface area (Å²) in [5, 5.41) is 9.27. The van der Waals surface area contributed by atoms with Crippen molar-refractivity contribution in [1.82, 2.24) is 4.98 Å². The molecule has 0 unspecified atom stereocenters. The van der Waals surface area contributed by atoms with Crippen LogP contribution in [0.4, 0.5) is 5.69 Å². The molecule has 0 radical (unpaired) electrons. The highest BCUT2D eigenvalue weighted by molar-refractivity contribution is 7.92. The first-order chi connectivity index (χ1) is 13.3. The number of sulfonamides is 1. The SMILES string of the molecule is Cc1ccc(S(=O)(=O)Nc2ccc(Oc3ncccc3C#N)cc2C)c(Cl)c1. The van der Waals surface area contributed by atoms with E-state index in [-0.39, 0.29) is 15.8 Å². The number of hydrogen-bond donors (Lipinski definition) is 1. The topological polar surface area (TPSA) is 92.1 Å². The molecule has 2 aromatic carbocycles. The second-order valence-corrected chi connectivity index (χ2v) is 8.14. The van der Waals surface area contributed by atoms with Crippen molar-refractivity contribution in [3.05, 3.63) is 76.4 Å². The number of aromatic nitrogens is 1. The quantitative estimate of drug-likeness (QED) is 0.647. The van der Waals surface area contributed by atoms with Crippen molar-refractivity contribution >= 4 is 27.3 Å². The van der Waals surface area contributed by atoms with Gasteiger partial charge in [-0.25, -0.2) is 13.4 Å². The van der Waals surface area contributed by atoms with Gasteiger partial charge in [0.15, 0.2) is 0 Å². The predicted octanol–water partition coefficient (Wildman–Crippen LogP) is 4.82. The van der Waals surface area contributed by atoms with Crippen LogP contribution in [0.1, 0.15) is 16.7 Å². The number of aryl methyl sites for hydroxylation is 2. The van der Waals surface area contributed by atoms with Gasteiger partial charge in [-0.3, -0.25) is 4.72 Å². The molecule has 0 atom stereocenters. The molecule has 28 heavy (non-hydrogen) atoms. The smallest absolute Gasteiger partial charge is 0.263 e. The maximum absolute atomic E-state index is 12.7. The van der Waals surface area contributed by atoms with Crippen molar-refractivity contribution in [2.24, 2.45) is 0 Å². The van der Waals surface area contributed by atoms with Gasteiger partial charge in [0.25, 0.3) is 10.0 Å². The average Bonchev–Trinajstić information content (AvgIpc) is 2.64. The Labute approximate surface area is 168 Å². The van der Waals surface area contributed by atoms with Gasteiger partial charge in [-0.15, -0.1) is 0 Å². The fraction of sp³-hybridized carbons (Fsp3) is 0.100. The summed E-state index contributed by atoms with van der Waals surface area (Å²) in [4.78, 5) is 4.05. The second kappa shape index (κ2) is 7.89. The van der Waals surface area contributed by atoms with Crippen LogP contribution in [0.5, 0.6) is 11.6 Å². The number of nitrogens with one attached hydrogen (secondary N) is 1. The Bertz CT molecular complexity index is 1190. The van der Waals surface area contributed by atoms with Gasteiger partial charge in [0.05, 0.1) is 10.7 Å². The minimum atomic E-state index is -3.84. The number of ether oxygens (including phenoxy) is 1. The van der Waals surface area contributed by atoms with Crippen LogP contribution in [0.2, 0.25) is 5.02 Å². The number of halogens is 1. The average molecular weight is 414 g/mol. The Morgan fingerprint density at radius 2 is 1.93 bits per heavy atom. The molecule has 1 aromatic heterocycles. The highest BCUT2D eigenvalue weighted by atomic mass is 35.5. The Morgan fingerprint density at radius 3 is 2.61 bits per heavy atom. The van der Waals surface area contributed by atoms with Crippen molar-refractivity contribution in [3.8, 4) is 17.7 Å². The molecular weight excluding hydrogens is 398 g/mol. The lowest BCUT2D eigenvalue weighted by atomic mass is 10.2. The zero-order valence-electron chi connectivity index (χ0n) is 15.1. The molecule has 0 saturated heterocycles. The molecule has 0 aliphatic carbocycles. The van der Waals surface area contributed by atoms with Gasteiger partial charge < -0.3 is 4.74 Å². The molecule has 1 N–H and O–H groups in total. The van der Waals surface area contributed by atoms with Crippen molar-refractivity contribution < 1.29 is 13.2 Å². The van der Waals surface area contributed by atoms with E-state index in [2.05, 4.69) is 9.71 Å². The maximum atomic E-state index is 12.7. The Morgan fingerprint density at radius 1 is 1.14 bits per heavy atom. The molecule has 0 aliphatic rings. The van der Waals surface area contributed by atoms with Crippen LogP contribution in [0.25, 0.3) is 0 Å². The lowest BCUT2D eigenvalue weighted by Crippen LogP contribution is -2.14. The van der Waals surface area contributed by atoms with E-state index in [1.807, 2.05) is 13.0 Å². The number of anilines is 1. The van der Waals surface area contributed by atoms with E-state index < -0.39 is 10.0 Å². The highest BCUT2D eigenvalue weighted by Gasteiger charge is 2.19. The van der Waals surface area contributed by atoms with Gasteiger partial charge in [-0.1, -0.05) is 17.7 Å². The predicted molar refractivity (Wildman–Crippen MR) is 107 cm³/mol. The fourth-order valence-corrected chi connectivity index (χ4v) is 4.24. The number of pyridine rings is 1. The van der Waals surface area contributed by atoms with Gasteiger partial charge >= 0.3 is 0 Å². The van der Waals surface area contributed by atoms with Crippen LogP contribution < -0.4 is 9.46 Å². The van der Waals surface area contributed by atoms with Crippen molar-refractivity contribution in [2.45, 2.75) is 18.7 Å². The number of hydrogen-bond acceptors (Lipinski definition) is 5. The monoisotopic (exact) mass is 413 g/mol. The molecule has 3 rings (SSSR count). The van der Waals surface area contributed by atoms with E-state index in [0.717, 1.165) is 5.56 Å². The summed E-state index contributed by atoms with van der Waals surface area (Å²) in [5.74, 6) is 0.619. The van der Waals surface area contributed by atoms with Gasteiger partial charge in [-0.05, 0) is 67.4 Å². The third-order valence-electron chi connectivity index (χ3n) is 3.93. The van der Waals surface area contributed by atoms with Crippen LogP contribution in [0.3, 0.4) is 0 Å². The lowest BCUT2D eigenvalue weighted by molar-refractivity contribution is 0.461. The van der Waals surface area contributed by atoms with Crippen molar-refractivity contribution in [1.29, 1.82) is 5.26 Å². The summed E-state index contributed by atoms with van der Waals surface area (Å²) in [6.45, 7) is 3.57. The molecule has 0 amide bonds. The third-order valence-corrected chi connectivity index (χ3v) is 5.77. The third kappa shape index (κ3) is 4.25. The molecular formula is C20H16ClN3O3S. The van der Waals surface area contributed by atoms with Gasteiger partial charge in [-0.2, -0.15) is 5.26 Å². The largest absolute Gasteiger partial charge is 0.438 e. The van der Waals surface area contributed by atoms with Gasteiger partial charge in [0, 0.05) is 6.20 Å². The zero-order valence-corrected chi connectivity index (χ0v) is 16.7. The maximum Gasteiger partial charge on any atom is 0.263 e. The summed E-state index contributed by atoms with van der Waals surface area (Å²) >= 11 is 6.09. The van der Waals surface area contributed by atoms with E-state index in [1.54, 1.807) is 49.4 Å². The minimum absolute atomic E-state index is 0.00615. The summed E-state index contributed by atoms with van der Waals surface area (Å²) in [5.41, 5.74) is 2.20. The number of benzene rings is 2. The lowest BCUT2D eigenvalue weighted by Gasteiger charge is -2.13. The van der Waals surface area contributed by atoms with Gasteiger partial charge in [0.1, 0.15) is 22.3 Å². The van der Waals surface area contributed by atoms with Crippen molar-refractivity contribution in [2.75, 3.05) is 4.72 Å². The van der Waals surface area contributed by atoms with Gasteiger partial charge in [0.2, 0.25) is 5.88 Å². The summed E-state index contributed by atoms with van der Waals surface area (Å²) in [6.07, 6.45) is 1.52. The van der Waals surface area contributed by atoms with E-state index in [0.29, 0.717) is 22.6 Å².